The summed E-state index contributed by atoms with van der Waals surface area (Å²) in [6.07, 6.45) is 3.00. The van der Waals surface area contributed by atoms with E-state index in [1.165, 1.54) is 6.08 Å². The van der Waals surface area contributed by atoms with Crippen LogP contribution in [0.15, 0.2) is 47.0 Å². The molecule has 0 saturated heterocycles. The van der Waals surface area contributed by atoms with Crippen molar-refractivity contribution in [3.63, 3.8) is 0 Å². The van der Waals surface area contributed by atoms with E-state index in [2.05, 4.69) is 15.8 Å². The van der Waals surface area contributed by atoms with E-state index in [9.17, 15) is 9.59 Å². The van der Waals surface area contributed by atoms with Crippen molar-refractivity contribution >= 4 is 23.6 Å². The molecule has 8 nitrogen and oxygen atoms in total. The van der Waals surface area contributed by atoms with E-state index in [1.54, 1.807) is 25.3 Å². The molecule has 0 aliphatic rings. The molecule has 3 aromatic rings. The fraction of sp³-hybridized carbons (Fsp3) is 0.269. The summed E-state index contributed by atoms with van der Waals surface area (Å²) in [6.45, 7) is 7.71. The van der Waals surface area contributed by atoms with Gasteiger partial charge >= 0.3 is 0 Å². The number of hydrogen-bond acceptors (Lipinski definition) is 6. The van der Waals surface area contributed by atoms with Crippen LogP contribution in [0.1, 0.15) is 33.7 Å². The summed E-state index contributed by atoms with van der Waals surface area (Å²) in [5.74, 6) is 1.13. The topological polar surface area (TPSA) is 103 Å². The Morgan fingerprint density at radius 2 is 1.79 bits per heavy atom. The molecular formula is C26H29N3O5. The van der Waals surface area contributed by atoms with Crippen LogP contribution < -0.4 is 20.1 Å². The van der Waals surface area contributed by atoms with Gasteiger partial charge in [0.2, 0.25) is 11.8 Å². The number of benzene rings is 2. The molecule has 8 heteroatoms. The molecule has 1 aromatic heterocycles. The molecular weight excluding hydrogens is 434 g/mol. The SMILES string of the molecule is COc1cc(/C=C/C(=O)NCC(=O)Nc2c(C)cccc2C)ccc1OCc1c(C)noc1C. The van der Waals surface area contributed by atoms with Gasteiger partial charge in [0.05, 0.1) is 24.9 Å². The number of aromatic nitrogens is 1. The largest absolute Gasteiger partial charge is 0.493 e. The van der Waals surface area contributed by atoms with E-state index in [1.807, 2.05) is 52.0 Å². The normalized spacial score (nSPS) is 10.9. The minimum Gasteiger partial charge on any atom is -0.493 e. The predicted octanol–water partition coefficient (Wildman–Crippen LogP) is 4.26. The number of methoxy groups -OCH3 is 1. The van der Waals surface area contributed by atoms with Gasteiger partial charge in [-0.15, -0.1) is 0 Å². The van der Waals surface area contributed by atoms with Gasteiger partial charge in [0, 0.05) is 11.8 Å². The van der Waals surface area contributed by atoms with Gasteiger partial charge in [0.1, 0.15) is 12.4 Å². The highest BCUT2D eigenvalue weighted by Crippen LogP contribution is 2.30. The first kappa shape index (κ1) is 24.6. The van der Waals surface area contributed by atoms with Crippen molar-refractivity contribution in [3.8, 4) is 11.5 Å². The number of hydrogen-bond donors (Lipinski definition) is 2. The molecule has 0 bridgehead atoms. The standard InChI is InChI=1S/C26H29N3O5/c1-16-7-6-8-17(2)26(16)28-25(31)14-27-24(30)12-10-20-9-11-22(23(13-20)32-5)33-15-21-18(3)29-34-19(21)4/h6-13H,14-15H2,1-5H3,(H,27,30)(H,28,31)/b12-10+. The van der Waals surface area contributed by atoms with E-state index in [4.69, 9.17) is 14.0 Å². The quantitative estimate of drug-likeness (QED) is 0.460. The lowest BCUT2D eigenvalue weighted by molar-refractivity contribution is -0.121. The maximum absolute atomic E-state index is 12.2. The van der Waals surface area contributed by atoms with Gasteiger partial charge in [0.15, 0.2) is 11.5 Å². The Balaban J connectivity index is 1.55. The molecule has 2 N–H and O–H groups in total. The summed E-state index contributed by atoms with van der Waals surface area (Å²) in [4.78, 5) is 24.4. The number of para-hydroxylation sites is 1. The molecule has 1 heterocycles. The van der Waals surface area contributed by atoms with Crippen molar-refractivity contribution in [1.82, 2.24) is 10.5 Å². The highest BCUT2D eigenvalue weighted by atomic mass is 16.5. The van der Waals surface area contributed by atoms with E-state index in [0.29, 0.717) is 23.9 Å². The molecule has 2 aromatic carbocycles. The molecule has 0 saturated carbocycles. The molecule has 0 atom stereocenters. The Morgan fingerprint density at radius 3 is 2.44 bits per heavy atom. The maximum Gasteiger partial charge on any atom is 0.244 e. The lowest BCUT2D eigenvalue weighted by Gasteiger charge is -2.11. The number of aryl methyl sites for hydroxylation is 4. The average Bonchev–Trinajstić information content (AvgIpc) is 3.14. The Kier molecular flexibility index (Phi) is 8.08. The second kappa shape index (κ2) is 11.2. The molecule has 0 aliphatic carbocycles. The van der Waals surface area contributed by atoms with Crippen LogP contribution in [0.3, 0.4) is 0 Å². The Hall–Kier alpha value is -4.07. The van der Waals surface area contributed by atoms with Gasteiger partial charge in [-0.1, -0.05) is 29.4 Å². The monoisotopic (exact) mass is 463 g/mol. The zero-order valence-corrected chi connectivity index (χ0v) is 20.0. The van der Waals surface area contributed by atoms with Gasteiger partial charge in [-0.25, -0.2) is 0 Å². The molecule has 0 spiro atoms. The number of nitrogens with zero attached hydrogens (tertiary/aromatic N) is 1. The van der Waals surface area contributed by atoms with Crippen molar-refractivity contribution in [2.24, 2.45) is 0 Å². The van der Waals surface area contributed by atoms with Gasteiger partial charge in [-0.3, -0.25) is 9.59 Å². The minimum atomic E-state index is -0.380. The minimum absolute atomic E-state index is 0.130. The van der Waals surface area contributed by atoms with Crippen molar-refractivity contribution < 1.29 is 23.6 Å². The lowest BCUT2D eigenvalue weighted by atomic mass is 10.1. The predicted molar refractivity (Wildman–Crippen MR) is 130 cm³/mol. The van der Waals surface area contributed by atoms with Crippen molar-refractivity contribution in [3.05, 3.63) is 76.2 Å². The van der Waals surface area contributed by atoms with E-state index in [0.717, 1.165) is 33.6 Å². The summed E-state index contributed by atoms with van der Waals surface area (Å²) < 4.78 is 16.5. The van der Waals surface area contributed by atoms with Crippen LogP contribution in [-0.2, 0) is 16.2 Å². The molecule has 0 fully saturated rings. The molecule has 0 aliphatic heterocycles. The van der Waals surface area contributed by atoms with Crippen LogP contribution in [0.2, 0.25) is 0 Å². The lowest BCUT2D eigenvalue weighted by Crippen LogP contribution is -2.32. The summed E-state index contributed by atoms with van der Waals surface area (Å²) in [6, 6.07) is 11.1. The zero-order chi connectivity index (χ0) is 24.7. The summed E-state index contributed by atoms with van der Waals surface area (Å²) >= 11 is 0. The maximum atomic E-state index is 12.2. The number of nitrogens with one attached hydrogen (secondary N) is 2. The number of carbonyl (C=O) groups is 2. The van der Waals surface area contributed by atoms with Gasteiger partial charge in [-0.2, -0.15) is 0 Å². The van der Waals surface area contributed by atoms with Crippen LogP contribution in [0.5, 0.6) is 11.5 Å². The molecule has 34 heavy (non-hydrogen) atoms. The summed E-state index contributed by atoms with van der Waals surface area (Å²) in [5.41, 5.74) is 5.12. The van der Waals surface area contributed by atoms with Gasteiger partial charge < -0.3 is 24.6 Å². The molecule has 0 unspecified atom stereocenters. The van der Waals surface area contributed by atoms with Crippen LogP contribution >= 0.6 is 0 Å². The number of amides is 2. The summed E-state index contributed by atoms with van der Waals surface area (Å²) in [7, 11) is 1.55. The number of rotatable bonds is 9. The highest BCUT2D eigenvalue weighted by molar-refractivity contribution is 5.98. The van der Waals surface area contributed by atoms with Crippen LogP contribution in [-0.4, -0.2) is 30.6 Å². The third kappa shape index (κ3) is 6.25. The first-order valence-electron chi connectivity index (χ1n) is 10.8. The second-order valence-corrected chi connectivity index (χ2v) is 7.87. The third-order valence-corrected chi connectivity index (χ3v) is 5.34. The molecule has 2 amide bonds. The highest BCUT2D eigenvalue weighted by Gasteiger charge is 2.12. The smallest absolute Gasteiger partial charge is 0.244 e. The summed E-state index contributed by atoms with van der Waals surface area (Å²) in [5, 5.41) is 9.35. The third-order valence-electron chi connectivity index (χ3n) is 5.34. The van der Waals surface area contributed by atoms with Gasteiger partial charge in [0.25, 0.3) is 0 Å². The Bertz CT molecular complexity index is 1170. The number of carbonyl (C=O) groups excluding carboxylic acids is 2. The van der Waals surface area contributed by atoms with E-state index in [-0.39, 0.29) is 18.4 Å². The zero-order valence-electron chi connectivity index (χ0n) is 20.0. The van der Waals surface area contributed by atoms with Crippen molar-refractivity contribution in [2.75, 3.05) is 19.0 Å². The Morgan fingerprint density at radius 1 is 1.06 bits per heavy atom. The molecule has 3 rings (SSSR count). The fourth-order valence-electron chi connectivity index (χ4n) is 3.36. The molecule has 0 radical (unpaired) electrons. The Labute approximate surface area is 198 Å². The average molecular weight is 464 g/mol. The first-order valence-corrected chi connectivity index (χ1v) is 10.8. The number of anilines is 1. The van der Waals surface area contributed by atoms with Crippen LogP contribution in [0.25, 0.3) is 6.08 Å². The van der Waals surface area contributed by atoms with E-state index >= 15 is 0 Å². The number of ether oxygens (including phenoxy) is 2. The first-order chi connectivity index (χ1) is 16.3. The van der Waals surface area contributed by atoms with Crippen LogP contribution in [0.4, 0.5) is 5.69 Å². The second-order valence-electron chi connectivity index (χ2n) is 7.87. The fourth-order valence-corrected chi connectivity index (χ4v) is 3.36. The van der Waals surface area contributed by atoms with Crippen molar-refractivity contribution in [1.29, 1.82) is 0 Å². The molecule has 178 valence electrons. The van der Waals surface area contributed by atoms with E-state index < -0.39 is 0 Å². The van der Waals surface area contributed by atoms with Gasteiger partial charge in [-0.05, 0) is 62.6 Å². The van der Waals surface area contributed by atoms with Crippen molar-refractivity contribution in [2.45, 2.75) is 34.3 Å². The van der Waals surface area contributed by atoms with Crippen LogP contribution in [0, 0.1) is 27.7 Å².